The summed E-state index contributed by atoms with van der Waals surface area (Å²) in [6, 6.07) is 10.7. The minimum Gasteiger partial charge on any atom is -0.377 e. The first-order chi connectivity index (χ1) is 8.20. The molecule has 0 fully saturated rings. The molecule has 1 N–H and O–H groups in total. The highest BCUT2D eigenvalue weighted by atomic mass is 16.5. The number of rotatable bonds is 8. The fraction of sp³-hybridized carbons (Fsp3) is 0.600. The van der Waals surface area contributed by atoms with Gasteiger partial charge in [-0.2, -0.15) is 0 Å². The quantitative estimate of drug-likeness (QED) is 0.699. The summed E-state index contributed by atoms with van der Waals surface area (Å²) in [4.78, 5) is 0. The average molecular weight is 235 g/mol. The summed E-state index contributed by atoms with van der Waals surface area (Å²) in [5.41, 5.74) is 1.42. The smallest absolute Gasteiger partial charge is 0.0594 e. The summed E-state index contributed by atoms with van der Waals surface area (Å²) in [5.74, 6) is 0.620. The van der Waals surface area contributed by atoms with Gasteiger partial charge in [-0.25, -0.2) is 0 Å². The van der Waals surface area contributed by atoms with E-state index in [2.05, 4.69) is 56.4 Å². The molecule has 1 rings (SSSR count). The molecule has 0 aromatic heterocycles. The normalized spacial score (nSPS) is 12.9. The summed E-state index contributed by atoms with van der Waals surface area (Å²) in [6.07, 6.45) is 1.51. The summed E-state index contributed by atoms with van der Waals surface area (Å²) < 4.78 is 5.47. The first kappa shape index (κ1) is 14.2. The first-order valence-corrected chi connectivity index (χ1v) is 6.57. The highest BCUT2D eigenvalue weighted by Gasteiger charge is 2.03. The third-order valence-electron chi connectivity index (χ3n) is 2.85. The van der Waals surface area contributed by atoms with Crippen molar-refractivity contribution in [1.29, 1.82) is 0 Å². The summed E-state index contributed by atoms with van der Waals surface area (Å²) in [7, 11) is 0. The Labute approximate surface area is 105 Å². The molecule has 0 spiro atoms. The standard InChI is InChI=1S/C15H25NO/c1-13(2)17-12-11-16-10-9-14(3)15-7-5-4-6-8-15/h4-8,13-14,16H,9-12H2,1-3H3. The number of hydrogen-bond donors (Lipinski definition) is 1. The zero-order chi connectivity index (χ0) is 12.5. The van der Waals surface area contributed by atoms with E-state index in [4.69, 9.17) is 4.74 Å². The maximum Gasteiger partial charge on any atom is 0.0594 e. The second-order valence-electron chi connectivity index (χ2n) is 4.77. The van der Waals surface area contributed by atoms with E-state index in [1.165, 1.54) is 12.0 Å². The second-order valence-corrected chi connectivity index (χ2v) is 4.77. The zero-order valence-corrected chi connectivity index (χ0v) is 11.3. The Hall–Kier alpha value is -0.860. The van der Waals surface area contributed by atoms with Crippen LogP contribution in [0.3, 0.4) is 0 Å². The van der Waals surface area contributed by atoms with Crippen molar-refractivity contribution in [3.8, 4) is 0 Å². The largest absolute Gasteiger partial charge is 0.377 e. The maximum absolute atomic E-state index is 5.47. The number of ether oxygens (including phenoxy) is 1. The van der Waals surface area contributed by atoms with E-state index < -0.39 is 0 Å². The summed E-state index contributed by atoms with van der Waals surface area (Å²) in [6.45, 7) is 9.21. The van der Waals surface area contributed by atoms with Crippen molar-refractivity contribution in [2.75, 3.05) is 19.7 Å². The topological polar surface area (TPSA) is 21.3 Å². The molecule has 0 bridgehead atoms. The van der Waals surface area contributed by atoms with Gasteiger partial charge in [0, 0.05) is 6.54 Å². The van der Waals surface area contributed by atoms with E-state index in [0.29, 0.717) is 12.0 Å². The van der Waals surface area contributed by atoms with Crippen molar-refractivity contribution in [2.45, 2.75) is 39.2 Å². The van der Waals surface area contributed by atoms with Crippen LogP contribution in [0.1, 0.15) is 38.7 Å². The van der Waals surface area contributed by atoms with Crippen molar-refractivity contribution in [2.24, 2.45) is 0 Å². The van der Waals surface area contributed by atoms with Crippen LogP contribution >= 0.6 is 0 Å². The molecule has 1 unspecified atom stereocenters. The SMILES string of the molecule is CC(C)OCCNCCC(C)c1ccccc1. The summed E-state index contributed by atoms with van der Waals surface area (Å²) in [5, 5.41) is 3.42. The Morgan fingerprint density at radius 2 is 1.76 bits per heavy atom. The van der Waals surface area contributed by atoms with Gasteiger partial charge in [-0.3, -0.25) is 0 Å². The molecule has 1 atom stereocenters. The third kappa shape index (κ3) is 6.44. The van der Waals surface area contributed by atoms with Gasteiger partial charge < -0.3 is 10.1 Å². The Morgan fingerprint density at radius 1 is 1.06 bits per heavy atom. The Balaban J connectivity index is 2.07. The molecule has 0 radical (unpaired) electrons. The highest BCUT2D eigenvalue weighted by Crippen LogP contribution is 2.17. The number of benzene rings is 1. The number of hydrogen-bond acceptors (Lipinski definition) is 2. The fourth-order valence-corrected chi connectivity index (χ4v) is 1.76. The second kappa shape index (κ2) is 8.26. The molecular formula is C15H25NO. The van der Waals surface area contributed by atoms with Crippen molar-refractivity contribution in [1.82, 2.24) is 5.32 Å². The van der Waals surface area contributed by atoms with E-state index in [-0.39, 0.29) is 0 Å². The molecule has 17 heavy (non-hydrogen) atoms. The van der Waals surface area contributed by atoms with Crippen LogP contribution < -0.4 is 5.32 Å². The van der Waals surface area contributed by atoms with E-state index in [1.807, 2.05) is 0 Å². The molecule has 1 aromatic rings. The van der Waals surface area contributed by atoms with Crippen LogP contribution in [0.4, 0.5) is 0 Å². The third-order valence-corrected chi connectivity index (χ3v) is 2.85. The van der Waals surface area contributed by atoms with Crippen LogP contribution in [0.5, 0.6) is 0 Å². The van der Waals surface area contributed by atoms with Crippen molar-refractivity contribution in [3.63, 3.8) is 0 Å². The molecule has 2 heteroatoms. The van der Waals surface area contributed by atoms with Crippen LogP contribution in [-0.2, 0) is 4.74 Å². The van der Waals surface area contributed by atoms with Crippen LogP contribution in [0.2, 0.25) is 0 Å². The Bertz CT molecular complexity index is 284. The van der Waals surface area contributed by atoms with Gasteiger partial charge in [-0.15, -0.1) is 0 Å². The lowest BCUT2D eigenvalue weighted by Gasteiger charge is -2.13. The van der Waals surface area contributed by atoms with Gasteiger partial charge in [0.1, 0.15) is 0 Å². The predicted octanol–water partition coefficient (Wildman–Crippen LogP) is 3.19. The predicted molar refractivity (Wildman–Crippen MR) is 73.4 cm³/mol. The maximum atomic E-state index is 5.47. The molecule has 0 saturated heterocycles. The van der Waals surface area contributed by atoms with Gasteiger partial charge in [0.25, 0.3) is 0 Å². The monoisotopic (exact) mass is 235 g/mol. The van der Waals surface area contributed by atoms with Crippen molar-refractivity contribution < 1.29 is 4.74 Å². The Kier molecular flexibility index (Phi) is 6.90. The zero-order valence-electron chi connectivity index (χ0n) is 11.3. The first-order valence-electron chi connectivity index (χ1n) is 6.57. The minimum absolute atomic E-state index is 0.333. The molecule has 0 heterocycles. The minimum atomic E-state index is 0.333. The van der Waals surface area contributed by atoms with Gasteiger partial charge in [-0.1, -0.05) is 37.3 Å². The van der Waals surface area contributed by atoms with Crippen molar-refractivity contribution in [3.05, 3.63) is 35.9 Å². The van der Waals surface area contributed by atoms with Crippen LogP contribution in [0, 0.1) is 0 Å². The van der Waals surface area contributed by atoms with E-state index in [1.54, 1.807) is 0 Å². The lowest BCUT2D eigenvalue weighted by Crippen LogP contribution is -2.23. The van der Waals surface area contributed by atoms with Gasteiger partial charge >= 0.3 is 0 Å². The average Bonchev–Trinajstić information content (AvgIpc) is 2.34. The van der Waals surface area contributed by atoms with E-state index >= 15 is 0 Å². The van der Waals surface area contributed by atoms with Gasteiger partial charge in [-0.05, 0) is 38.3 Å². The highest BCUT2D eigenvalue weighted by molar-refractivity contribution is 5.18. The lowest BCUT2D eigenvalue weighted by atomic mass is 9.98. The molecule has 0 amide bonds. The molecule has 0 aliphatic heterocycles. The van der Waals surface area contributed by atoms with Gasteiger partial charge in [0.05, 0.1) is 12.7 Å². The van der Waals surface area contributed by atoms with Crippen LogP contribution in [0.25, 0.3) is 0 Å². The molecular weight excluding hydrogens is 210 g/mol. The molecule has 96 valence electrons. The number of nitrogens with one attached hydrogen (secondary N) is 1. The summed E-state index contributed by atoms with van der Waals surface area (Å²) >= 11 is 0. The van der Waals surface area contributed by atoms with Crippen molar-refractivity contribution >= 4 is 0 Å². The van der Waals surface area contributed by atoms with Crippen LogP contribution in [0.15, 0.2) is 30.3 Å². The molecule has 0 aliphatic carbocycles. The lowest BCUT2D eigenvalue weighted by molar-refractivity contribution is 0.0808. The van der Waals surface area contributed by atoms with Crippen LogP contribution in [-0.4, -0.2) is 25.8 Å². The molecule has 1 aromatic carbocycles. The van der Waals surface area contributed by atoms with E-state index in [0.717, 1.165) is 19.7 Å². The van der Waals surface area contributed by atoms with E-state index in [9.17, 15) is 0 Å². The van der Waals surface area contributed by atoms with Gasteiger partial charge in [0.15, 0.2) is 0 Å². The molecule has 2 nitrogen and oxygen atoms in total. The van der Waals surface area contributed by atoms with Gasteiger partial charge in [0.2, 0.25) is 0 Å². The Morgan fingerprint density at radius 3 is 2.41 bits per heavy atom. The molecule has 0 aliphatic rings. The fourth-order valence-electron chi connectivity index (χ4n) is 1.76. The molecule has 0 saturated carbocycles.